The second-order valence-electron chi connectivity index (χ2n) is 6.37. The Labute approximate surface area is 194 Å². The zero-order chi connectivity index (χ0) is 25.4. The Bertz CT molecular complexity index is 1390. The van der Waals surface area contributed by atoms with E-state index in [9.17, 15) is 52.7 Å². The Kier molecular flexibility index (Phi) is 6.37. The Balaban J connectivity index is 2.68. The monoisotopic (exact) mass is 579 g/mol. The van der Waals surface area contributed by atoms with Crippen LogP contribution >= 0.6 is 19.8 Å². The third kappa shape index (κ3) is 3.35. The topological polar surface area (TPSA) is 119 Å². The molecule has 0 atom stereocenters. The summed E-state index contributed by atoms with van der Waals surface area (Å²) in [7, 11) is 0. The van der Waals surface area contributed by atoms with Crippen LogP contribution < -0.4 is 0 Å². The molecule has 0 unspecified atom stereocenters. The fraction of sp³-hybridized carbons (Fsp3) is 0.0455. The van der Waals surface area contributed by atoms with Gasteiger partial charge >= 0.3 is 195 Å². The molecule has 3 rings (SSSR count). The van der Waals surface area contributed by atoms with Crippen LogP contribution in [-0.2, 0) is 0 Å². The number of allylic oxidation sites excluding steroid dienone is 4. The van der Waals surface area contributed by atoms with Crippen molar-refractivity contribution in [1.82, 2.24) is 0 Å². The van der Waals surface area contributed by atoms with E-state index in [1.54, 1.807) is 0 Å². The molecule has 0 amide bonds. The van der Waals surface area contributed by atoms with Gasteiger partial charge in [0.15, 0.2) is 0 Å². The minimum absolute atomic E-state index is 0.157. The number of benzene rings is 2. The molecule has 1 aliphatic carbocycles. The molecule has 0 fully saturated rings. The van der Waals surface area contributed by atoms with Crippen molar-refractivity contribution in [2.45, 2.75) is 3.42 Å². The van der Waals surface area contributed by atoms with Gasteiger partial charge in [-0.1, -0.05) is 0 Å². The van der Waals surface area contributed by atoms with Crippen molar-refractivity contribution in [3.05, 3.63) is 88.6 Å². The number of rotatable bonds is 3. The van der Waals surface area contributed by atoms with Gasteiger partial charge in [0.05, 0.1) is 0 Å². The van der Waals surface area contributed by atoms with Gasteiger partial charge < -0.3 is 0 Å². The third-order valence-corrected chi connectivity index (χ3v) is 11.8. The molecule has 34 heavy (non-hydrogen) atoms. The van der Waals surface area contributed by atoms with Crippen molar-refractivity contribution in [2.24, 2.45) is 0 Å². The summed E-state index contributed by atoms with van der Waals surface area (Å²) in [5.41, 5.74) is -3.45. The van der Waals surface area contributed by atoms with E-state index in [2.05, 4.69) is 0 Å². The number of alkyl halides is 1. The quantitative estimate of drug-likeness (QED) is 0.166. The van der Waals surface area contributed by atoms with Gasteiger partial charge in [0, 0.05) is 0 Å². The van der Waals surface area contributed by atoms with Crippen LogP contribution in [-0.4, -0.2) is 3.42 Å². The molecule has 0 heterocycles. The van der Waals surface area contributed by atoms with Gasteiger partial charge in [-0.3, -0.25) is 0 Å². The van der Waals surface area contributed by atoms with Crippen molar-refractivity contribution in [3.8, 4) is 30.3 Å². The van der Waals surface area contributed by atoms with Crippen LogP contribution in [0.4, 0.5) is 26.3 Å². The van der Waals surface area contributed by atoms with Crippen LogP contribution in [0.3, 0.4) is 0 Å². The number of hydrogen-bond donors (Lipinski definition) is 0. The maximum absolute atomic E-state index is 15.0. The summed E-state index contributed by atoms with van der Waals surface area (Å²) < 4.78 is 81.9. The zero-order valence-electron chi connectivity index (χ0n) is 16.2. The average Bonchev–Trinajstić information content (AvgIpc) is 3.05. The molecule has 0 saturated carbocycles. The summed E-state index contributed by atoms with van der Waals surface area (Å²) in [4.78, 5) is 0. The van der Waals surface area contributed by atoms with Gasteiger partial charge in [-0.25, -0.2) is 0 Å². The maximum atomic E-state index is 15.0. The predicted octanol–water partition coefficient (Wildman–Crippen LogP) is 5.03. The molecule has 0 spiro atoms. The van der Waals surface area contributed by atoms with Crippen LogP contribution in [0.1, 0.15) is 0 Å². The molecule has 2 aromatic rings. The first-order valence-electron chi connectivity index (χ1n) is 8.63. The molecule has 5 nitrogen and oxygen atoms in total. The van der Waals surface area contributed by atoms with Crippen molar-refractivity contribution in [3.63, 3.8) is 0 Å². The van der Waals surface area contributed by atoms with Crippen molar-refractivity contribution < 1.29 is 26.3 Å². The van der Waals surface area contributed by atoms with E-state index in [-0.39, 0.29) is 24.3 Å². The summed E-state index contributed by atoms with van der Waals surface area (Å²) in [6, 6.07) is 7.94. The van der Waals surface area contributed by atoms with E-state index in [1.807, 2.05) is 0 Å². The number of nitriles is 5. The number of hydrogen-bond acceptors (Lipinski definition) is 5. The van der Waals surface area contributed by atoms with Gasteiger partial charge in [-0.05, 0) is 0 Å². The molecule has 166 valence electrons. The molecular formula is C22H4F6IN5. The van der Waals surface area contributed by atoms with E-state index in [1.165, 1.54) is 30.3 Å². The fourth-order valence-corrected chi connectivity index (χ4v) is 10.3. The molecule has 0 bridgehead atoms. The van der Waals surface area contributed by atoms with Crippen LogP contribution in [0, 0.1) is 98.7 Å². The molecular weight excluding hydrogens is 575 g/mol. The molecule has 2 aromatic carbocycles. The molecule has 0 N–H and O–H groups in total. The Morgan fingerprint density at radius 2 is 0.882 bits per heavy atom. The van der Waals surface area contributed by atoms with Gasteiger partial charge in [0.25, 0.3) is 0 Å². The van der Waals surface area contributed by atoms with Crippen molar-refractivity contribution in [2.75, 3.05) is 0 Å². The molecule has 0 aliphatic heterocycles. The Hall–Kier alpha value is -4.32. The van der Waals surface area contributed by atoms with E-state index >= 15 is 0 Å². The normalized spacial score (nSPS) is 14.6. The van der Waals surface area contributed by atoms with Gasteiger partial charge in [0.2, 0.25) is 0 Å². The minimum atomic E-state index is -4.91. The second kappa shape index (κ2) is 8.90. The van der Waals surface area contributed by atoms with E-state index in [0.29, 0.717) is 0 Å². The SMILES string of the molecule is N#CC1=C(C#N)C(C#N)(I(c2c(F)cc(F)cc2F)c2c(F)cc(F)cc2F)C(C#N)=C1C#N. The summed E-state index contributed by atoms with van der Waals surface area (Å²) in [5.74, 6) is -9.63. The van der Waals surface area contributed by atoms with Crippen LogP contribution in [0.2, 0.25) is 0 Å². The third-order valence-electron chi connectivity index (χ3n) is 4.60. The molecule has 12 heteroatoms. The number of halogens is 7. The van der Waals surface area contributed by atoms with E-state index in [0.717, 1.165) is 0 Å². The van der Waals surface area contributed by atoms with E-state index in [4.69, 9.17) is 0 Å². The first-order chi connectivity index (χ1) is 16.1. The summed E-state index contributed by atoms with van der Waals surface area (Å²) in [6.45, 7) is 0. The number of nitrogens with zero attached hydrogens (tertiary/aromatic N) is 5. The van der Waals surface area contributed by atoms with Gasteiger partial charge in [-0.15, -0.1) is 0 Å². The summed E-state index contributed by atoms with van der Waals surface area (Å²) in [5, 5.41) is 48.6. The van der Waals surface area contributed by atoms with Gasteiger partial charge in [-0.2, -0.15) is 0 Å². The molecule has 1 aliphatic rings. The van der Waals surface area contributed by atoms with Gasteiger partial charge in [0.1, 0.15) is 0 Å². The van der Waals surface area contributed by atoms with Crippen LogP contribution in [0.5, 0.6) is 0 Å². The Morgan fingerprint density at radius 3 is 1.12 bits per heavy atom. The van der Waals surface area contributed by atoms with Crippen LogP contribution in [0.15, 0.2) is 46.6 Å². The first-order valence-corrected chi connectivity index (χ1v) is 11.9. The molecule has 0 aromatic heterocycles. The zero-order valence-corrected chi connectivity index (χ0v) is 18.3. The molecule has 0 saturated heterocycles. The molecule has 0 radical (unpaired) electrons. The van der Waals surface area contributed by atoms with Crippen LogP contribution in [0.25, 0.3) is 0 Å². The second-order valence-corrected chi connectivity index (χ2v) is 11.8. The van der Waals surface area contributed by atoms with Crippen molar-refractivity contribution >= 4 is 19.8 Å². The Morgan fingerprint density at radius 1 is 0.559 bits per heavy atom. The first kappa shape index (κ1) is 24.3. The standard InChI is InChI=1S/C22H4F6IN5/c23-10-1-16(25)20(17(26)2-10)29(21-18(27)3-11(24)4-19(21)28)22(9-34)14(7-32)12(5-30)13(6-31)15(22)8-33/h1-4H. The van der Waals surface area contributed by atoms with E-state index < -0.39 is 87.6 Å². The summed E-state index contributed by atoms with van der Waals surface area (Å²) >= 11 is -4.91. The summed E-state index contributed by atoms with van der Waals surface area (Å²) in [6.07, 6.45) is 0. The fourth-order valence-electron chi connectivity index (χ4n) is 3.34. The predicted molar refractivity (Wildman–Crippen MR) is 109 cm³/mol. The average molecular weight is 579 g/mol. The van der Waals surface area contributed by atoms with Crippen molar-refractivity contribution in [1.29, 1.82) is 26.3 Å².